The Kier molecular flexibility index (Phi) is 5.89. The van der Waals surface area contributed by atoms with E-state index in [9.17, 15) is 13.2 Å². The first-order chi connectivity index (χ1) is 13.8. The van der Waals surface area contributed by atoms with E-state index in [0.717, 1.165) is 11.1 Å². The normalized spacial score (nSPS) is 11.0. The molecule has 0 aliphatic carbocycles. The molecule has 0 bridgehead atoms. The molecule has 2 N–H and O–H groups in total. The van der Waals surface area contributed by atoms with Crippen LogP contribution in [0.2, 0.25) is 0 Å². The Hall–Kier alpha value is -3.32. The highest BCUT2D eigenvalue weighted by Gasteiger charge is 2.16. The summed E-state index contributed by atoms with van der Waals surface area (Å²) in [4.78, 5) is 12.8. The summed E-state index contributed by atoms with van der Waals surface area (Å²) >= 11 is 0. The number of ether oxygens (including phenoxy) is 1. The second kappa shape index (κ2) is 8.36. The van der Waals surface area contributed by atoms with Gasteiger partial charge in [0.15, 0.2) is 0 Å². The molecule has 0 aliphatic rings. The summed E-state index contributed by atoms with van der Waals surface area (Å²) in [6.45, 7) is 3.80. The largest absolute Gasteiger partial charge is 0.495 e. The van der Waals surface area contributed by atoms with Gasteiger partial charge in [-0.3, -0.25) is 9.52 Å². The predicted molar refractivity (Wildman–Crippen MR) is 114 cm³/mol. The Bertz CT molecular complexity index is 1140. The van der Waals surface area contributed by atoms with Crippen LogP contribution in [0.5, 0.6) is 5.75 Å². The summed E-state index contributed by atoms with van der Waals surface area (Å²) in [5, 5.41) is 2.81. The molecule has 7 heteroatoms. The molecule has 0 heterocycles. The summed E-state index contributed by atoms with van der Waals surface area (Å²) in [7, 11) is -2.22. The number of anilines is 2. The lowest BCUT2D eigenvalue weighted by atomic mass is 10.1. The lowest BCUT2D eigenvalue weighted by Gasteiger charge is -2.12. The minimum absolute atomic E-state index is 0.155. The molecule has 0 spiro atoms. The van der Waals surface area contributed by atoms with Crippen molar-refractivity contribution in [3.05, 3.63) is 83.4 Å². The van der Waals surface area contributed by atoms with Gasteiger partial charge in [0.1, 0.15) is 5.75 Å². The maximum absolute atomic E-state index is 12.7. The Balaban J connectivity index is 1.81. The zero-order chi connectivity index (χ0) is 21.0. The topological polar surface area (TPSA) is 84.5 Å². The van der Waals surface area contributed by atoms with Crippen molar-refractivity contribution in [2.45, 2.75) is 18.7 Å². The Morgan fingerprint density at radius 2 is 1.59 bits per heavy atom. The second-order valence-corrected chi connectivity index (χ2v) is 8.34. The molecule has 0 fully saturated rings. The molecule has 0 aromatic heterocycles. The van der Waals surface area contributed by atoms with Crippen LogP contribution in [0, 0.1) is 13.8 Å². The van der Waals surface area contributed by atoms with E-state index in [1.54, 1.807) is 42.5 Å². The summed E-state index contributed by atoms with van der Waals surface area (Å²) in [6, 6.07) is 18.3. The van der Waals surface area contributed by atoms with Crippen LogP contribution in [0.3, 0.4) is 0 Å². The summed E-state index contributed by atoms with van der Waals surface area (Å²) in [5.74, 6) is 0.172. The number of nitrogens with one attached hydrogen (secondary N) is 2. The number of methoxy groups -OCH3 is 1. The predicted octanol–water partition coefficient (Wildman–Crippen LogP) is 4.37. The molecular weight excluding hydrogens is 388 g/mol. The van der Waals surface area contributed by atoms with Gasteiger partial charge in [0.2, 0.25) is 0 Å². The molecule has 1 amide bonds. The number of rotatable bonds is 6. The number of amides is 1. The van der Waals surface area contributed by atoms with Crippen molar-refractivity contribution in [2.24, 2.45) is 0 Å². The van der Waals surface area contributed by atoms with Crippen LogP contribution >= 0.6 is 0 Å². The van der Waals surface area contributed by atoms with E-state index in [1.807, 2.05) is 19.9 Å². The molecule has 0 unspecified atom stereocenters. The van der Waals surface area contributed by atoms with E-state index in [-0.39, 0.29) is 10.8 Å². The lowest BCUT2D eigenvalue weighted by Crippen LogP contribution is -2.15. The fraction of sp³-hybridized carbons (Fsp3) is 0.136. The first-order valence-electron chi connectivity index (χ1n) is 8.94. The molecular formula is C22H22N2O4S. The number of carbonyl (C=O) groups is 1. The van der Waals surface area contributed by atoms with Crippen LogP contribution in [0.1, 0.15) is 21.5 Å². The molecule has 29 heavy (non-hydrogen) atoms. The molecule has 3 aromatic carbocycles. The van der Waals surface area contributed by atoms with Crippen LogP contribution in [0.4, 0.5) is 11.4 Å². The third-order valence-corrected chi connectivity index (χ3v) is 5.71. The van der Waals surface area contributed by atoms with E-state index in [1.165, 1.54) is 25.3 Å². The monoisotopic (exact) mass is 410 g/mol. The fourth-order valence-corrected chi connectivity index (χ4v) is 3.82. The standard InChI is InChI=1S/C22H22N2O4S/c1-15-7-10-19(11-8-15)29(26,27)24-18-6-4-5-17(14-18)22(25)23-20-13-16(2)9-12-21(20)28-3/h4-14,24H,1-3H3,(H,23,25). The zero-order valence-corrected chi connectivity index (χ0v) is 17.2. The van der Waals surface area contributed by atoms with Gasteiger partial charge in [0.25, 0.3) is 15.9 Å². The Morgan fingerprint density at radius 1 is 0.897 bits per heavy atom. The highest BCUT2D eigenvalue weighted by atomic mass is 32.2. The van der Waals surface area contributed by atoms with Crippen LogP contribution in [0.15, 0.2) is 71.6 Å². The quantitative estimate of drug-likeness (QED) is 0.632. The lowest BCUT2D eigenvalue weighted by molar-refractivity contribution is 0.102. The minimum Gasteiger partial charge on any atom is -0.495 e. The van der Waals surface area contributed by atoms with Crippen molar-refractivity contribution in [3.63, 3.8) is 0 Å². The zero-order valence-electron chi connectivity index (χ0n) is 16.4. The average Bonchev–Trinajstić information content (AvgIpc) is 2.68. The van der Waals surface area contributed by atoms with Crippen molar-refractivity contribution in [1.29, 1.82) is 0 Å². The Labute approximate surface area is 170 Å². The van der Waals surface area contributed by atoms with Crippen molar-refractivity contribution in [1.82, 2.24) is 0 Å². The molecule has 3 rings (SSSR count). The van der Waals surface area contributed by atoms with Gasteiger partial charge >= 0.3 is 0 Å². The van der Waals surface area contributed by atoms with Crippen LogP contribution < -0.4 is 14.8 Å². The molecule has 0 aliphatic heterocycles. The number of sulfonamides is 1. The fourth-order valence-electron chi connectivity index (χ4n) is 2.77. The van der Waals surface area contributed by atoms with Crippen molar-refractivity contribution in [3.8, 4) is 5.75 Å². The van der Waals surface area contributed by atoms with Gasteiger partial charge in [-0.25, -0.2) is 8.42 Å². The van der Waals surface area contributed by atoms with Gasteiger partial charge in [-0.2, -0.15) is 0 Å². The van der Waals surface area contributed by atoms with Gasteiger partial charge in [0, 0.05) is 11.3 Å². The van der Waals surface area contributed by atoms with Crippen LogP contribution in [-0.4, -0.2) is 21.4 Å². The van der Waals surface area contributed by atoms with Crippen molar-refractivity contribution >= 4 is 27.3 Å². The summed E-state index contributed by atoms with van der Waals surface area (Å²) in [5.41, 5.74) is 3.10. The third-order valence-electron chi connectivity index (χ3n) is 4.31. The molecule has 150 valence electrons. The maximum atomic E-state index is 12.7. The molecule has 0 atom stereocenters. The second-order valence-electron chi connectivity index (χ2n) is 6.66. The minimum atomic E-state index is -3.75. The van der Waals surface area contributed by atoms with Gasteiger partial charge in [-0.05, 0) is 61.9 Å². The van der Waals surface area contributed by atoms with E-state index in [4.69, 9.17) is 4.74 Å². The van der Waals surface area contributed by atoms with Crippen molar-refractivity contribution < 1.29 is 17.9 Å². The SMILES string of the molecule is COc1ccc(C)cc1NC(=O)c1cccc(NS(=O)(=O)c2ccc(C)cc2)c1. The van der Waals surface area contributed by atoms with Gasteiger partial charge < -0.3 is 10.1 Å². The number of hydrogen-bond acceptors (Lipinski definition) is 4. The molecule has 0 radical (unpaired) electrons. The summed E-state index contributed by atoms with van der Waals surface area (Å²) < 4.78 is 32.9. The number of hydrogen-bond donors (Lipinski definition) is 2. The number of aryl methyl sites for hydroxylation is 2. The number of benzene rings is 3. The van der Waals surface area contributed by atoms with E-state index in [0.29, 0.717) is 22.7 Å². The Morgan fingerprint density at radius 3 is 2.28 bits per heavy atom. The van der Waals surface area contributed by atoms with E-state index < -0.39 is 10.0 Å². The van der Waals surface area contributed by atoms with Gasteiger partial charge in [-0.15, -0.1) is 0 Å². The average molecular weight is 410 g/mol. The smallest absolute Gasteiger partial charge is 0.261 e. The maximum Gasteiger partial charge on any atom is 0.261 e. The molecule has 0 saturated carbocycles. The molecule has 3 aromatic rings. The van der Waals surface area contributed by atoms with Crippen LogP contribution in [0.25, 0.3) is 0 Å². The first-order valence-corrected chi connectivity index (χ1v) is 10.4. The third kappa shape index (κ3) is 4.94. The van der Waals surface area contributed by atoms with E-state index >= 15 is 0 Å². The van der Waals surface area contributed by atoms with Crippen LogP contribution in [-0.2, 0) is 10.0 Å². The van der Waals surface area contributed by atoms with E-state index in [2.05, 4.69) is 10.0 Å². The highest BCUT2D eigenvalue weighted by molar-refractivity contribution is 7.92. The molecule has 0 saturated heterocycles. The van der Waals surface area contributed by atoms with Crippen molar-refractivity contribution in [2.75, 3.05) is 17.1 Å². The molecule has 6 nitrogen and oxygen atoms in total. The first kappa shape index (κ1) is 20.4. The number of carbonyl (C=O) groups excluding carboxylic acids is 1. The highest BCUT2D eigenvalue weighted by Crippen LogP contribution is 2.26. The van der Waals surface area contributed by atoms with Gasteiger partial charge in [0.05, 0.1) is 17.7 Å². The summed E-state index contributed by atoms with van der Waals surface area (Å²) in [6.07, 6.45) is 0. The van der Waals surface area contributed by atoms with Gasteiger partial charge in [-0.1, -0.05) is 29.8 Å².